The fourth-order valence-electron chi connectivity index (χ4n) is 4.31. The molecule has 1 aliphatic heterocycles. The topological polar surface area (TPSA) is 110 Å². The van der Waals surface area contributed by atoms with Crippen LogP contribution in [0.5, 0.6) is 5.75 Å². The number of amides is 1. The highest BCUT2D eigenvalue weighted by Crippen LogP contribution is 2.44. The van der Waals surface area contributed by atoms with E-state index in [1.807, 2.05) is 24.3 Å². The molecule has 1 aromatic carbocycles. The van der Waals surface area contributed by atoms with E-state index in [9.17, 15) is 14.7 Å². The van der Waals surface area contributed by atoms with Crippen LogP contribution in [0.3, 0.4) is 0 Å². The molecule has 2 fully saturated rings. The average Bonchev–Trinajstić information content (AvgIpc) is 3.32. The second-order valence-electron chi connectivity index (χ2n) is 7.93. The second kappa shape index (κ2) is 7.81. The van der Waals surface area contributed by atoms with Gasteiger partial charge in [-0.2, -0.15) is 0 Å². The monoisotopic (exact) mass is 399 g/mol. The minimum atomic E-state index is -0.819. The molecule has 0 bridgehead atoms. The van der Waals surface area contributed by atoms with E-state index in [0.29, 0.717) is 30.5 Å². The Balaban J connectivity index is 1.60. The first-order valence-corrected chi connectivity index (χ1v) is 9.87. The van der Waals surface area contributed by atoms with E-state index in [0.717, 1.165) is 18.4 Å². The van der Waals surface area contributed by atoms with Crippen molar-refractivity contribution in [2.75, 3.05) is 20.2 Å². The maximum Gasteiger partial charge on any atom is 0.308 e. The molecule has 1 amide bonds. The van der Waals surface area contributed by atoms with Crippen molar-refractivity contribution in [2.24, 2.45) is 17.8 Å². The number of tetrazole rings is 1. The van der Waals surface area contributed by atoms with E-state index >= 15 is 0 Å². The first-order chi connectivity index (χ1) is 14.0. The van der Waals surface area contributed by atoms with Crippen molar-refractivity contribution >= 4 is 11.9 Å². The molecule has 1 aromatic heterocycles. The molecule has 154 valence electrons. The minimum Gasteiger partial charge on any atom is -0.497 e. The number of carboxylic acids is 1. The van der Waals surface area contributed by atoms with E-state index in [4.69, 9.17) is 4.74 Å². The average molecular weight is 399 g/mol. The van der Waals surface area contributed by atoms with Crippen molar-refractivity contribution in [3.05, 3.63) is 35.7 Å². The summed E-state index contributed by atoms with van der Waals surface area (Å²) in [5, 5.41) is 21.3. The SMILES string of the molecule is COc1cccc(CC(C(=O)N2C[C@H](C(=O)O)[C@@H](C3CC3)C2)n2nnnc2C)c1. The molecule has 1 unspecified atom stereocenters. The zero-order valence-electron chi connectivity index (χ0n) is 16.6. The molecule has 2 aromatic rings. The zero-order chi connectivity index (χ0) is 20.5. The molecule has 1 saturated heterocycles. The molecule has 1 saturated carbocycles. The van der Waals surface area contributed by atoms with Gasteiger partial charge in [0.1, 0.15) is 17.6 Å². The van der Waals surface area contributed by atoms with Crippen LogP contribution in [-0.2, 0) is 16.0 Å². The zero-order valence-corrected chi connectivity index (χ0v) is 16.6. The summed E-state index contributed by atoms with van der Waals surface area (Å²) in [6.07, 6.45) is 2.50. The van der Waals surface area contributed by atoms with E-state index in [-0.39, 0.29) is 18.4 Å². The normalized spacial score (nSPS) is 22.5. The van der Waals surface area contributed by atoms with Crippen LogP contribution in [0.25, 0.3) is 0 Å². The number of aliphatic carboxylic acids is 1. The molecule has 2 heterocycles. The molecule has 3 atom stereocenters. The van der Waals surface area contributed by atoms with Crippen LogP contribution >= 0.6 is 0 Å². The summed E-state index contributed by atoms with van der Waals surface area (Å²) in [6, 6.07) is 6.91. The van der Waals surface area contributed by atoms with Crippen LogP contribution in [0.2, 0.25) is 0 Å². The number of carbonyl (C=O) groups is 2. The minimum absolute atomic E-state index is 0.0314. The third-order valence-corrected chi connectivity index (χ3v) is 6.02. The molecular weight excluding hydrogens is 374 g/mol. The van der Waals surface area contributed by atoms with Gasteiger partial charge in [-0.05, 0) is 59.7 Å². The summed E-state index contributed by atoms with van der Waals surface area (Å²) >= 11 is 0. The quantitative estimate of drug-likeness (QED) is 0.748. The lowest BCUT2D eigenvalue weighted by Crippen LogP contribution is -2.38. The highest BCUT2D eigenvalue weighted by Gasteiger charge is 2.48. The summed E-state index contributed by atoms with van der Waals surface area (Å²) in [5.41, 5.74) is 0.922. The number of aryl methyl sites for hydroxylation is 1. The largest absolute Gasteiger partial charge is 0.497 e. The van der Waals surface area contributed by atoms with Gasteiger partial charge < -0.3 is 14.7 Å². The van der Waals surface area contributed by atoms with Crippen molar-refractivity contribution in [3.8, 4) is 5.75 Å². The Labute approximate surface area is 168 Å². The number of methoxy groups -OCH3 is 1. The van der Waals surface area contributed by atoms with Gasteiger partial charge in [-0.3, -0.25) is 9.59 Å². The van der Waals surface area contributed by atoms with E-state index < -0.39 is 17.9 Å². The summed E-state index contributed by atoms with van der Waals surface area (Å²) in [4.78, 5) is 26.9. The molecule has 9 heteroatoms. The van der Waals surface area contributed by atoms with Gasteiger partial charge in [0.2, 0.25) is 5.91 Å². The molecule has 9 nitrogen and oxygen atoms in total. The Kier molecular flexibility index (Phi) is 5.21. The first-order valence-electron chi connectivity index (χ1n) is 9.87. The van der Waals surface area contributed by atoms with Gasteiger partial charge in [0, 0.05) is 19.5 Å². The predicted molar refractivity (Wildman–Crippen MR) is 102 cm³/mol. The summed E-state index contributed by atoms with van der Waals surface area (Å²) in [6.45, 7) is 2.48. The number of hydrogen-bond acceptors (Lipinski definition) is 6. The number of benzene rings is 1. The predicted octanol–water partition coefficient (Wildman–Crippen LogP) is 1.34. The highest BCUT2D eigenvalue weighted by molar-refractivity contribution is 5.82. The first kappa shape index (κ1) is 19.4. The molecule has 2 aliphatic rings. The third-order valence-electron chi connectivity index (χ3n) is 6.02. The van der Waals surface area contributed by atoms with Gasteiger partial charge in [0.05, 0.1) is 13.0 Å². The number of ether oxygens (including phenoxy) is 1. The van der Waals surface area contributed by atoms with E-state index in [1.54, 1.807) is 18.9 Å². The highest BCUT2D eigenvalue weighted by atomic mass is 16.5. The smallest absolute Gasteiger partial charge is 0.308 e. The van der Waals surface area contributed by atoms with Gasteiger partial charge in [-0.1, -0.05) is 12.1 Å². The maximum atomic E-state index is 13.5. The number of carbonyl (C=O) groups excluding carboxylic acids is 1. The Morgan fingerprint density at radius 2 is 2.10 bits per heavy atom. The fourth-order valence-corrected chi connectivity index (χ4v) is 4.31. The number of nitrogens with zero attached hydrogens (tertiary/aromatic N) is 5. The van der Waals surface area contributed by atoms with E-state index in [1.165, 1.54) is 4.68 Å². The summed E-state index contributed by atoms with van der Waals surface area (Å²) < 4.78 is 6.82. The maximum absolute atomic E-state index is 13.5. The number of likely N-dealkylation sites (tertiary alicyclic amines) is 1. The standard InChI is InChI=1S/C20H25N5O4/c1-12-21-22-23-25(12)18(9-13-4-3-5-15(8-13)29-2)19(26)24-10-16(14-6-7-14)17(11-24)20(27)28/h3-5,8,14,16-18H,6-7,9-11H2,1-2H3,(H,27,28)/t16-,17+,18?/m1/s1. The lowest BCUT2D eigenvalue weighted by molar-refractivity contribution is -0.143. The van der Waals surface area contributed by atoms with Crippen molar-refractivity contribution < 1.29 is 19.4 Å². The van der Waals surface area contributed by atoms with E-state index in [2.05, 4.69) is 15.5 Å². The number of hydrogen-bond donors (Lipinski definition) is 1. The van der Waals surface area contributed by atoms with Crippen molar-refractivity contribution in [1.82, 2.24) is 25.1 Å². The number of aromatic nitrogens is 4. The molecule has 4 rings (SSSR count). The lowest BCUT2D eigenvalue weighted by Gasteiger charge is -2.24. The Morgan fingerprint density at radius 1 is 1.31 bits per heavy atom. The Hall–Kier alpha value is -2.97. The van der Waals surface area contributed by atoms with Crippen LogP contribution in [0, 0.1) is 24.7 Å². The van der Waals surface area contributed by atoms with Crippen molar-refractivity contribution in [3.63, 3.8) is 0 Å². The third kappa shape index (κ3) is 3.94. The van der Waals surface area contributed by atoms with Gasteiger partial charge in [-0.25, -0.2) is 4.68 Å². The van der Waals surface area contributed by atoms with Crippen LogP contribution in [0.15, 0.2) is 24.3 Å². The number of carboxylic acid groups (broad SMARTS) is 1. The summed E-state index contributed by atoms with van der Waals surface area (Å²) in [7, 11) is 1.60. The fraction of sp³-hybridized carbons (Fsp3) is 0.550. The van der Waals surface area contributed by atoms with Gasteiger partial charge in [0.25, 0.3) is 0 Å². The van der Waals surface area contributed by atoms with Crippen molar-refractivity contribution in [2.45, 2.75) is 32.2 Å². The van der Waals surface area contributed by atoms with Crippen LogP contribution in [-0.4, -0.2) is 62.3 Å². The molecule has 0 radical (unpaired) electrons. The molecule has 1 aliphatic carbocycles. The van der Waals surface area contributed by atoms with Crippen LogP contribution in [0.4, 0.5) is 0 Å². The van der Waals surface area contributed by atoms with Crippen LogP contribution < -0.4 is 4.74 Å². The van der Waals surface area contributed by atoms with Crippen molar-refractivity contribution in [1.29, 1.82) is 0 Å². The lowest BCUT2D eigenvalue weighted by atomic mass is 9.92. The molecule has 0 spiro atoms. The Morgan fingerprint density at radius 3 is 2.72 bits per heavy atom. The van der Waals surface area contributed by atoms with Gasteiger partial charge in [0.15, 0.2) is 0 Å². The molecule has 1 N–H and O–H groups in total. The summed E-state index contributed by atoms with van der Waals surface area (Å²) in [5.74, 6) is 0.239. The molecular formula is C20H25N5O4. The van der Waals surface area contributed by atoms with Gasteiger partial charge >= 0.3 is 5.97 Å². The molecule has 29 heavy (non-hydrogen) atoms. The number of rotatable bonds is 7. The Bertz CT molecular complexity index is 910. The second-order valence-corrected chi connectivity index (χ2v) is 7.93. The van der Waals surface area contributed by atoms with Gasteiger partial charge in [-0.15, -0.1) is 5.10 Å². The van der Waals surface area contributed by atoms with Crippen LogP contribution in [0.1, 0.15) is 30.3 Å².